The summed E-state index contributed by atoms with van der Waals surface area (Å²) in [6.45, 7) is 1.63. The van der Waals surface area contributed by atoms with Crippen LogP contribution in [0.3, 0.4) is 0 Å². The lowest BCUT2D eigenvalue weighted by molar-refractivity contribution is 0.127. The molecule has 102 valence electrons. The number of sulfone groups is 1. The van der Waals surface area contributed by atoms with E-state index in [1.807, 2.05) is 0 Å². The summed E-state index contributed by atoms with van der Waals surface area (Å²) in [5.74, 6) is -0.228. The van der Waals surface area contributed by atoms with Crippen LogP contribution in [-0.2, 0) is 21.3 Å². The van der Waals surface area contributed by atoms with Gasteiger partial charge in [-0.05, 0) is 13.3 Å². The second-order valence-electron chi connectivity index (χ2n) is 4.74. The van der Waals surface area contributed by atoms with E-state index >= 15 is 0 Å². The van der Waals surface area contributed by atoms with Crippen LogP contribution in [0, 0.1) is 0 Å². The van der Waals surface area contributed by atoms with E-state index in [4.69, 9.17) is 11.6 Å². The van der Waals surface area contributed by atoms with Gasteiger partial charge in [0.1, 0.15) is 5.69 Å². The maximum absolute atomic E-state index is 13.1. The van der Waals surface area contributed by atoms with Gasteiger partial charge in [-0.3, -0.25) is 4.68 Å². The lowest BCUT2D eigenvalue weighted by Gasteiger charge is -2.25. The highest BCUT2D eigenvalue weighted by Crippen LogP contribution is 2.35. The van der Waals surface area contributed by atoms with Gasteiger partial charge in [-0.2, -0.15) is 5.10 Å². The molecule has 0 spiro atoms. The van der Waals surface area contributed by atoms with Crippen LogP contribution >= 0.6 is 11.6 Å². The van der Waals surface area contributed by atoms with Gasteiger partial charge < -0.3 is 0 Å². The summed E-state index contributed by atoms with van der Waals surface area (Å²) in [5.41, 5.74) is -0.934. The summed E-state index contributed by atoms with van der Waals surface area (Å²) in [6, 6.07) is 0. The van der Waals surface area contributed by atoms with Gasteiger partial charge in [0.05, 0.1) is 29.1 Å². The number of hydrogen-bond acceptors (Lipinski definition) is 3. The van der Waals surface area contributed by atoms with Gasteiger partial charge in [0.15, 0.2) is 9.84 Å². The van der Waals surface area contributed by atoms with Crippen LogP contribution in [0.1, 0.15) is 31.0 Å². The summed E-state index contributed by atoms with van der Waals surface area (Å²) < 4.78 is 50.3. The van der Waals surface area contributed by atoms with Crippen LogP contribution in [0.5, 0.6) is 0 Å². The van der Waals surface area contributed by atoms with E-state index in [9.17, 15) is 17.2 Å². The Morgan fingerprint density at radius 2 is 2.28 bits per heavy atom. The minimum Gasteiger partial charge on any atom is -0.257 e. The summed E-state index contributed by atoms with van der Waals surface area (Å²) in [7, 11) is -3.18. The Hall–Kier alpha value is -0.690. The van der Waals surface area contributed by atoms with Crippen molar-refractivity contribution in [3.63, 3.8) is 0 Å². The second-order valence-corrected chi connectivity index (χ2v) is 7.19. The molecule has 1 aliphatic heterocycles. The molecule has 4 nitrogen and oxygen atoms in total. The van der Waals surface area contributed by atoms with Crippen molar-refractivity contribution in [2.75, 3.05) is 11.5 Å². The van der Waals surface area contributed by atoms with Gasteiger partial charge in [0.25, 0.3) is 6.43 Å². The highest BCUT2D eigenvalue weighted by Gasteiger charge is 2.43. The van der Waals surface area contributed by atoms with Gasteiger partial charge in [0.2, 0.25) is 0 Å². The summed E-state index contributed by atoms with van der Waals surface area (Å²) >= 11 is 5.59. The minimum absolute atomic E-state index is 0.00223. The number of halogens is 3. The van der Waals surface area contributed by atoms with Crippen molar-refractivity contribution in [3.05, 3.63) is 17.5 Å². The van der Waals surface area contributed by atoms with Gasteiger partial charge in [-0.1, -0.05) is 0 Å². The number of rotatable bonds is 3. The maximum atomic E-state index is 13.1. The Labute approximate surface area is 109 Å². The topological polar surface area (TPSA) is 52.0 Å². The van der Waals surface area contributed by atoms with Crippen LogP contribution in [0.15, 0.2) is 6.20 Å². The fourth-order valence-electron chi connectivity index (χ4n) is 2.32. The summed E-state index contributed by atoms with van der Waals surface area (Å²) in [6.07, 6.45) is -1.15. The maximum Gasteiger partial charge on any atom is 0.280 e. The van der Waals surface area contributed by atoms with Crippen LogP contribution in [0.2, 0.25) is 0 Å². The third kappa shape index (κ3) is 2.25. The van der Waals surface area contributed by atoms with E-state index in [1.54, 1.807) is 6.92 Å². The predicted molar refractivity (Wildman–Crippen MR) is 63.7 cm³/mol. The van der Waals surface area contributed by atoms with Crippen LogP contribution < -0.4 is 0 Å². The van der Waals surface area contributed by atoms with Crippen molar-refractivity contribution in [2.45, 2.75) is 31.2 Å². The monoisotopic (exact) mass is 298 g/mol. The third-order valence-corrected chi connectivity index (χ3v) is 5.41. The molecular weight excluding hydrogens is 286 g/mol. The zero-order valence-corrected chi connectivity index (χ0v) is 11.3. The minimum atomic E-state index is -3.18. The predicted octanol–water partition coefficient (Wildman–Crippen LogP) is 2.09. The number of hydrogen-bond donors (Lipinski definition) is 0. The third-order valence-electron chi connectivity index (χ3n) is 3.23. The van der Waals surface area contributed by atoms with E-state index in [0.717, 1.165) is 4.68 Å². The summed E-state index contributed by atoms with van der Waals surface area (Å²) in [4.78, 5) is 0. The number of alkyl halides is 3. The second kappa shape index (κ2) is 4.45. The molecule has 2 heterocycles. The molecule has 18 heavy (non-hydrogen) atoms. The molecule has 0 saturated carbocycles. The fraction of sp³-hybridized carbons (Fsp3) is 0.700. The zero-order chi connectivity index (χ0) is 13.6. The fourth-order valence-corrected chi connectivity index (χ4v) is 4.63. The molecule has 1 atom stereocenters. The SMILES string of the molecule is CC1(n2ncc(CCl)c2C(F)F)CCS(=O)(=O)C1. The molecule has 8 heteroatoms. The lowest BCUT2D eigenvalue weighted by Crippen LogP contribution is -2.34. The first-order valence-corrected chi connectivity index (χ1v) is 7.76. The number of aromatic nitrogens is 2. The molecule has 2 rings (SSSR count). The van der Waals surface area contributed by atoms with Gasteiger partial charge in [-0.25, -0.2) is 17.2 Å². The molecule has 1 saturated heterocycles. The average Bonchev–Trinajstić information content (AvgIpc) is 2.80. The van der Waals surface area contributed by atoms with Crippen molar-refractivity contribution in [2.24, 2.45) is 0 Å². The molecule has 0 N–H and O–H groups in total. The largest absolute Gasteiger partial charge is 0.280 e. The summed E-state index contributed by atoms with van der Waals surface area (Å²) in [5, 5.41) is 3.92. The standard InChI is InChI=1S/C10H13ClF2N2O2S/c1-10(2-3-18(16,17)6-10)15-8(9(12)13)7(4-11)5-14-15/h5,9H,2-4,6H2,1H3. The highest BCUT2D eigenvalue weighted by atomic mass is 35.5. The zero-order valence-electron chi connectivity index (χ0n) is 9.74. The van der Waals surface area contributed by atoms with Crippen molar-refractivity contribution in [1.82, 2.24) is 9.78 Å². The quantitative estimate of drug-likeness (QED) is 0.803. The van der Waals surface area contributed by atoms with E-state index in [2.05, 4.69) is 5.10 Å². The van der Waals surface area contributed by atoms with Gasteiger partial charge >= 0.3 is 0 Å². The van der Waals surface area contributed by atoms with E-state index in [0.29, 0.717) is 6.42 Å². The Morgan fingerprint density at radius 1 is 1.61 bits per heavy atom. The normalized spacial score (nSPS) is 26.9. The van der Waals surface area contributed by atoms with Gasteiger partial charge in [0, 0.05) is 5.56 Å². The lowest BCUT2D eigenvalue weighted by atomic mass is 10.0. The molecule has 0 amide bonds. The first-order valence-electron chi connectivity index (χ1n) is 5.41. The highest BCUT2D eigenvalue weighted by molar-refractivity contribution is 7.91. The first-order chi connectivity index (χ1) is 8.29. The van der Waals surface area contributed by atoms with Crippen molar-refractivity contribution >= 4 is 21.4 Å². The Balaban J connectivity index is 2.49. The van der Waals surface area contributed by atoms with Crippen molar-refractivity contribution in [1.29, 1.82) is 0 Å². The van der Waals surface area contributed by atoms with E-state index in [1.165, 1.54) is 6.20 Å². The molecule has 1 aromatic heterocycles. The molecule has 0 bridgehead atoms. The van der Waals surface area contributed by atoms with E-state index in [-0.39, 0.29) is 28.6 Å². The van der Waals surface area contributed by atoms with Crippen LogP contribution in [-0.4, -0.2) is 29.7 Å². The number of nitrogens with zero attached hydrogens (tertiary/aromatic N) is 2. The van der Waals surface area contributed by atoms with Crippen molar-refractivity contribution in [3.8, 4) is 0 Å². The molecule has 0 radical (unpaired) electrons. The molecule has 0 aromatic carbocycles. The van der Waals surface area contributed by atoms with Crippen LogP contribution in [0.4, 0.5) is 8.78 Å². The Morgan fingerprint density at radius 3 is 2.72 bits per heavy atom. The first kappa shape index (κ1) is 13.7. The molecule has 1 unspecified atom stereocenters. The molecular formula is C10H13ClF2N2O2S. The van der Waals surface area contributed by atoms with Gasteiger partial charge in [-0.15, -0.1) is 11.6 Å². The van der Waals surface area contributed by atoms with Crippen molar-refractivity contribution < 1.29 is 17.2 Å². The molecule has 1 aromatic rings. The smallest absolute Gasteiger partial charge is 0.257 e. The molecule has 1 fully saturated rings. The Kier molecular flexibility index (Phi) is 3.40. The van der Waals surface area contributed by atoms with Crippen LogP contribution in [0.25, 0.3) is 0 Å². The average molecular weight is 299 g/mol. The molecule has 0 aliphatic carbocycles. The van der Waals surface area contributed by atoms with E-state index < -0.39 is 21.8 Å². The Bertz CT molecular complexity index is 558. The molecule has 1 aliphatic rings.